The van der Waals surface area contributed by atoms with E-state index in [-0.39, 0.29) is 0 Å². The van der Waals surface area contributed by atoms with Crippen LogP contribution in [0.5, 0.6) is 0 Å². The molecule has 0 unspecified atom stereocenters. The van der Waals surface area contributed by atoms with Crippen LogP contribution in [0.25, 0.3) is 0 Å². The summed E-state index contributed by atoms with van der Waals surface area (Å²) >= 11 is 5.76. The van der Waals surface area contributed by atoms with Crippen LogP contribution >= 0.6 is 11.6 Å². The van der Waals surface area contributed by atoms with Crippen molar-refractivity contribution in [2.75, 3.05) is 19.8 Å². The van der Waals surface area contributed by atoms with Crippen molar-refractivity contribution >= 4 is 16.8 Å². The quantitative estimate of drug-likeness (QED) is 0.0504. The summed E-state index contributed by atoms with van der Waals surface area (Å²) in [7, 11) is 0. The van der Waals surface area contributed by atoms with Crippen molar-refractivity contribution in [3.8, 4) is 0 Å². The fourth-order valence-electron chi connectivity index (χ4n) is 6.00. The van der Waals surface area contributed by atoms with Crippen LogP contribution in [0.15, 0.2) is 0 Å². The first-order valence-electron chi connectivity index (χ1n) is 19.6. The molecule has 0 aromatic heterocycles. The number of carbonyl (C=O) groups is 1. The van der Waals surface area contributed by atoms with Crippen molar-refractivity contribution in [3.63, 3.8) is 0 Å². The van der Waals surface area contributed by atoms with Gasteiger partial charge >= 0.3 is 0 Å². The number of hydrogen-bond donors (Lipinski definition) is 0. The van der Waals surface area contributed by atoms with E-state index >= 15 is 0 Å². The van der Waals surface area contributed by atoms with Gasteiger partial charge in [-0.2, -0.15) is 0 Å². The minimum absolute atomic E-state index is 0.292. The molecule has 0 aliphatic carbocycles. The number of halogens is 1. The highest BCUT2D eigenvalue weighted by molar-refractivity contribution is 6.64. The number of hydrogen-bond acceptors (Lipinski definition) is 3. The molecule has 258 valence electrons. The molecule has 1 atom stereocenters. The lowest BCUT2D eigenvalue weighted by molar-refractivity contribution is -0.126. The number of unbranched alkanes of at least 4 members (excludes halogenated alkanes) is 30. The van der Waals surface area contributed by atoms with Gasteiger partial charge in [-0.3, -0.25) is 4.79 Å². The molecule has 0 rings (SSSR count). The van der Waals surface area contributed by atoms with E-state index in [4.69, 9.17) is 21.1 Å². The molecule has 0 heterocycles. The first-order chi connectivity index (χ1) is 21.2. The highest BCUT2D eigenvalue weighted by Gasteiger charge is 2.16. The average molecular weight is 629 g/mol. The topological polar surface area (TPSA) is 35.5 Å². The van der Waals surface area contributed by atoms with Crippen LogP contribution in [0.4, 0.5) is 0 Å². The van der Waals surface area contributed by atoms with Gasteiger partial charge in [-0.15, -0.1) is 0 Å². The maximum Gasteiger partial charge on any atom is 0.252 e. The number of ether oxygens (including phenoxy) is 2. The van der Waals surface area contributed by atoms with Crippen LogP contribution in [-0.2, 0) is 14.3 Å². The Kier molecular flexibility index (Phi) is 38.0. The molecule has 0 saturated carbocycles. The van der Waals surface area contributed by atoms with Gasteiger partial charge in [-0.25, -0.2) is 0 Å². The molecule has 0 aromatic rings. The summed E-state index contributed by atoms with van der Waals surface area (Å²) < 4.78 is 11.5. The molecule has 0 bridgehead atoms. The van der Waals surface area contributed by atoms with Crippen molar-refractivity contribution in [1.29, 1.82) is 0 Å². The molecule has 0 fully saturated rings. The van der Waals surface area contributed by atoms with E-state index in [1.54, 1.807) is 0 Å². The van der Waals surface area contributed by atoms with E-state index < -0.39 is 11.3 Å². The van der Waals surface area contributed by atoms with Gasteiger partial charge in [0.05, 0.1) is 6.61 Å². The molecule has 0 amide bonds. The second kappa shape index (κ2) is 38.1. The van der Waals surface area contributed by atoms with Crippen molar-refractivity contribution < 1.29 is 14.3 Å². The maximum absolute atomic E-state index is 11.7. The Hall–Kier alpha value is -0.120. The summed E-state index contributed by atoms with van der Waals surface area (Å²) in [4.78, 5) is 11.7. The Morgan fingerprint density at radius 2 is 0.674 bits per heavy atom. The number of rotatable bonds is 38. The Morgan fingerprint density at radius 1 is 0.419 bits per heavy atom. The second-order valence-electron chi connectivity index (χ2n) is 13.3. The van der Waals surface area contributed by atoms with Crippen LogP contribution in [0.1, 0.15) is 219 Å². The zero-order chi connectivity index (χ0) is 31.3. The van der Waals surface area contributed by atoms with Gasteiger partial charge < -0.3 is 9.47 Å². The normalized spacial score (nSPS) is 12.3. The van der Waals surface area contributed by atoms with Crippen LogP contribution in [0.3, 0.4) is 0 Å². The van der Waals surface area contributed by atoms with Crippen molar-refractivity contribution in [3.05, 3.63) is 0 Å². The summed E-state index contributed by atoms with van der Waals surface area (Å²) in [6.45, 7) is 6.16. The predicted molar refractivity (Wildman–Crippen MR) is 191 cm³/mol. The van der Waals surface area contributed by atoms with Crippen LogP contribution in [-0.4, -0.2) is 31.2 Å². The lowest BCUT2D eigenvalue weighted by Gasteiger charge is -2.14. The largest absolute Gasteiger partial charge is 0.378 e. The van der Waals surface area contributed by atoms with E-state index in [0.29, 0.717) is 19.8 Å². The van der Waals surface area contributed by atoms with E-state index in [0.717, 1.165) is 12.8 Å². The predicted octanol–water partition coefficient (Wildman–Crippen LogP) is 13.7. The Labute approximate surface area is 275 Å². The molecule has 0 aliphatic rings. The van der Waals surface area contributed by atoms with Crippen molar-refractivity contribution in [2.24, 2.45) is 0 Å². The van der Waals surface area contributed by atoms with E-state index in [1.807, 2.05) is 0 Å². The molecular weight excluding hydrogens is 552 g/mol. The molecular formula is C39H77ClO3. The zero-order valence-corrected chi connectivity index (χ0v) is 30.2. The second-order valence-corrected chi connectivity index (χ2v) is 13.7. The molecule has 0 aliphatic heterocycles. The molecule has 0 saturated heterocycles. The monoisotopic (exact) mass is 629 g/mol. The van der Waals surface area contributed by atoms with Gasteiger partial charge in [-0.05, 0) is 24.4 Å². The fourth-order valence-corrected chi connectivity index (χ4v) is 6.12. The summed E-state index contributed by atoms with van der Waals surface area (Å²) in [5, 5.41) is -0.427. The molecule has 0 spiro atoms. The summed E-state index contributed by atoms with van der Waals surface area (Å²) in [5.41, 5.74) is 0. The fraction of sp³-hybridized carbons (Fsp3) is 0.974. The molecule has 0 N–H and O–H groups in total. The Morgan fingerprint density at radius 3 is 0.953 bits per heavy atom. The highest BCUT2D eigenvalue weighted by Crippen LogP contribution is 2.15. The first kappa shape index (κ1) is 42.9. The average Bonchev–Trinajstić information content (AvgIpc) is 3.00. The minimum Gasteiger partial charge on any atom is -0.378 e. The van der Waals surface area contributed by atoms with Gasteiger partial charge in [0.1, 0.15) is 0 Å². The summed E-state index contributed by atoms with van der Waals surface area (Å²) in [6.07, 6.45) is 42.9. The van der Waals surface area contributed by atoms with E-state index in [2.05, 4.69) is 13.8 Å². The minimum atomic E-state index is -0.612. The molecule has 0 aromatic carbocycles. The van der Waals surface area contributed by atoms with Gasteiger partial charge in [-0.1, -0.05) is 206 Å². The van der Waals surface area contributed by atoms with Gasteiger partial charge in [0.25, 0.3) is 5.24 Å². The molecule has 3 nitrogen and oxygen atoms in total. The smallest absolute Gasteiger partial charge is 0.252 e. The Bertz CT molecular complexity index is 527. The lowest BCUT2D eigenvalue weighted by Crippen LogP contribution is -2.27. The Balaban J connectivity index is 3.36. The third-order valence-corrected chi connectivity index (χ3v) is 9.22. The molecule has 4 heteroatoms. The van der Waals surface area contributed by atoms with Crippen molar-refractivity contribution in [2.45, 2.75) is 225 Å². The zero-order valence-electron chi connectivity index (χ0n) is 29.4. The standard InChI is InChI=1S/C39H77ClO3/c1-3-5-7-9-11-13-15-17-19-21-23-25-27-29-31-33-35-42-37-38(39(40)41)43-36-34-32-30-28-26-24-22-20-18-16-14-12-10-8-6-4-2/h38H,3-37H2,1-2H3/t38-/m1/s1. The van der Waals surface area contributed by atoms with Gasteiger partial charge in [0.15, 0.2) is 6.10 Å². The maximum atomic E-state index is 11.7. The van der Waals surface area contributed by atoms with E-state index in [9.17, 15) is 4.79 Å². The van der Waals surface area contributed by atoms with Crippen molar-refractivity contribution in [1.82, 2.24) is 0 Å². The van der Waals surface area contributed by atoms with E-state index in [1.165, 1.54) is 193 Å². The summed E-state index contributed by atoms with van der Waals surface area (Å²) in [6, 6.07) is 0. The first-order valence-corrected chi connectivity index (χ1v) is 20.0. The third kappa shape index (κ3) is 36.2. The lowest BCUT2D eigenvalue weighted by atomic mass is 10.0. The van der Waals surface area contributed by atoms with Crippen LogP contribution < -0.4 is 0 Å². The highest BCUT2D eigenvalue weighted by atomic mass is 35.5. The molecule has 43 heavy (non-hydrogen) atoms. The van der Waals surface area contributed by atoms with Crippen LogP contribution in [0.2, 0.25) is 0 Å². The number of carbonyl (C=O) groups excluding carboxylic acids is 1. The third-order valence-electron chi connectivity index (χ3n) is 8.98. The SMILES string of the molecule is CCCCCCCCCCCCCCCCCCOC[C@@H](OCCCCCCCCCCCCCCCCCC)C(=O)Cl. The molecule has 0 radical (unpaired) electrons. The van der Waals surface area contributed by atoms with Gasteiger partial charge in [0, 0.05) is 13.2 Å². The van der Waals surface area contributed by atoms with Gasteiger partial charge in [0.2, 0.25) is 0 Å². The van der Waals surface area contributed by atoms with Crippen LogP contribution in [0, 0.1) is 0 Å². The summed E-state index contributed by atoms with van der Waals surface area (Å²) in [5.74, 6) is 0.